The van der Waals surface area contributed by atoms with Gasteiger partial charge in [-0.3, -0.25) is 14.4 Å². The van der Waals surface area contributed by atoms with Gasteiger partial charge in [0, 0.05) is 29.9 Å². The van der Waals surface area contributed by atoms with E-state index < -0.39 is 36.5 Å². The minimum Gasteiger partial charge on any atom is -0.508 e. The van der Waals surface area contributed by atoms with Crippen molar-refractivity contribution in [3.8, 4) is 16.9 Å². The van der Waals surface area contributed by atoms with Crippen molar-refractivity contribution >= 4 is 29.2 Å². The minimum absolute atomic E-state index is 0.123. The summed E-state index contributed by atoms with van der Waals surface area (Å²) in [6.07, 6.45) is -4.91. The lowest BCUT2D eigenvalue weighted by Crippen LogP contribution is -2.28. The van der Waals surface area contributed by atoms with E-state index in [1.807, 2.05) is 6.07 Å². The second-order valence-corrected chi connectivity index (χ2v) is 8.26. The number of ether oxygens (including phenoxy) is 1. The number of hydrogen-bond donors (Lipinski definition) is 2. The highest BCUT2D eigenvalue weighted by Crippen LogP contribution is 2.29. The third-order valence-electron chi connectivity index (χ3n) is 5.58. The molecule has 1 aliphatic rings. The van der Waals surface area contributed by atoms with Crippen LogP contribution in [0.1, 0.15) is 16.8 Å². The van der Waals surface area contributed by atoms with Crippen molar-refractivity contribution in [2.45, 2.75) is 12.6 Å². The van der Waals surface area contributed by atoms with Crippen molar-refractivity contribution in [3.63, 3.8) is 0 Å². The van der Waals surface area contributed by atoms with Gasteiger partial charge in [0.15, 0.2) is 6.61 Å². The highest BCUT2D eigenvalue weighted by Gasteiger charge is 2.38. The first-order chi connectivity index (χ1) is 17.1. The van der Waals surface area contributed by atoms with E-state index in [1.165, 1.54) is 4.90 Å². The Kier molecular flexibility index (Phi) is 6.96. The third kappa shape index (κ3) is 6.01. The number of esters is 1. The Balaban J connectivity index is 1.44. The number of halogens is 3. The lowest BCUT2D eigenvalue weighted by molar-refractivity contribution is -0.188. The van der Waals surface area contributed by atoms with Gasteiger partial charge in [0.05, 0.1) is 5.92 Å². The second-order valence-electron chi connectivity index (χ2n) is 8.26. The lowest BCUT2D eigenvalue weighted by atomic mass is 10.0. The molecular weight excluding hydrogens is 477 g/mol. The monoisotopic (exact) mass is 498 g/mol. The molecule has 1 unspecified atom stereocenters. The largest absolute Gasteiger partial charge is 0.508 e. The second kappa shape index (κ2) is 10.1. The number of nitrogens with one attached hydrogen (secondary N) is 1. The lowest BCUT2D eigenvalue weighted by Gasteiger charge is -2.18. The summed E-state index contributed by atoms with van der Waals surface area (Å²) in [5.74, 6) is -2.79. The van der Waals surface area contributed by atoms with Gasteiger partial charge in [0.1, 0.15) is 5.75 Å². The summed E-state index contributed by atoms with van der Waals surface area (Å²) in [5.41, 5.74) is 2.77. The fraction of sp³-hybridized carbons (Fsp3) is 0.192. The molecule has 0 saturated carbocycles. The van der Waals surface area contributed by atoms with Crippen LogP contribution >= 0.6 is 0 Å². The number of phenolic OH excluding ortho intramolecular Hbond substituents is 1. The number of carbonyl (C=O) groups excluding carboxylic acids is 3. The molecule has 7 nitrogen and oxygen atoms in total. The van der Waals surface area contributed by atoms with Crippen LogP contribution in [-0.2, 0) is 14.3 Å². The predicted octanol–water partition coefficient (Wildman–Crippen LogP) is 4.77. The number of phenols is 1. The van der Waals surface area contributed by atoms with Gasteiger partial charge in [-0.25, -0.2) is 0 Å². The summed E-state index contributed by atoms with van der Waals surface area (Å²) in [6.45, 7) is -1.83. The molecule has 10 heteroatoms. The normalized spacial score (nSPS) is 15.6. The van der Waals surface area contributed by atoms with Crippen LogP contribution in [0.5, 0.6) is 5.75 Å². The van der Waals surface area contributed by atoms with Crippen molar-refractivity contribution in [2.75, 3.05) is 23.4 Å². The van der Waals surface area contributed by atoms with E-state index in [0.29, 0.717) is 16.9 Å². The van der Waals surface area contributed by atoms with Gasteiger partial charge in [-0.05, 0) is 53.6 Å². The van der Waals surface area contributed by atoms with Crippen molar-refractivity contribution in [1.29, 1.82) is 0 Å². The summed E-state index contributed by atoms with van der Waals surface area (Å²) in [4.78, 5) is 38.5. The maximum atomic E-state index is 12.9. The fourth-order valence-electron chi connectivity index (χ4n) is 3.83. The summed E-state index contributed by atoms with van der Waals surface area (Å²) >= 11 is 0. The van der Waals surface area contributed by atoms with E-state index in [2.05, 4.69) is 10.1 Å². The van der Waals surface area contributed by atoms with Crippen LogP contribution < -0.4 is 10.2 Å². The van der Waals surface area contributed by atoms with Gasteiger partial charge in [0.25, 0.3) is 5.91 Å². The third-order valence-corrected chi connectivity index (χ3v) is 5.58. The molecule has 0 aromatic heterocycles. The molecule has 2 N–H and O–H groups in total. The quantitative estimate of drug-likeness (QED) is 0.478. The van der Waals surface area contributed by atoms with Crippen molar-refractivity contribution < 1.29 is 37.4 Å². The average Bonchev–Trinajstić information content (AvgIpc) is 3.24. The summed E-state index contributed by atoms with van der Waals surface area (Å²) in [5, 5.41) is 12.2. The SMILES string of the molecule is O=C(Nc1cccc(N2CC(C(=O)OCC(F)(F)F)CC2=O)c1)c1cccc(-c2ccc(O)cc2)c1. The maximum absolute atomic E-state index is 12.9. The topological polar surface area (TPSA) is 95.9 Å². The Hall–Kier alpha value is -4.34. The Bertz CT molecular complexity index is 1290. The number of anilines is 2. The first-order valence-electron chi connectivity index (χ1n) is 10.9. The number of benzene rings is 3. The van der Waals surface area contributed by atoms with Crippen LogP contribution in [0.25, 0.3) is 11.1 Å². The molecule has 0 bridgehead atoms. The number of alkyl halides is 3. The van der Waals surface area contributed by atoms with E-state index in [-0.39, 0.29) is 18.7 Å². The minimum atomic E-state index is -4.64. The van der Waals surface area contributed by atoms with Crippen LogP contribution in [-0.4, -0.2) is 42.2 Å². The number of nitrogens with zero attached hydrogens (tertiary/aromatic N) is 1. The molecule has 1 fully saturated rings. The zero-order valence-corrected chi connectivity index (χ0v) is 18.8. The number of aromatic hydroxyl groups is 1. The molecule has 1 heterocycles. The smallest absolute Gasteiger partial charge is 0.422 e. The molecule has 4 rings (SSSR count). The van der Waals surface area contributed by atoms with Crippen molar-refractivity contribution in [3.05, 3.63) is 78.4 Å². The number of amides is 2. The molecule has 0 aliphatic carbocycles. The number of carbonyl (C=O) groups is 3. The van der Waals surface area contributed by atoms with Crippen LogP contribution in [0.3, 0.4) is 0 Å². The van der Waals surface area contributed by atoms with Crippen molar-refractivity contribution in [1.82, 2.24) is 0 Å². The van der Waals surface area contributed by atoms with E-state index >= 15 is 0 Å². The first kappa shape index (κ1) is 24.8. The van der Waals surface area contributed by atoms with Gasteiger partial charge in [0.2, 0.25) is 5.91 Å². The van der Waals surface area contributed by atoms with E-state index in [1.54, 1.807) is 66.7 Å². The Morgan fingerprint density at radius 3 is 2.44 bits per heavy atom. The summed E-state index contributed by atoms with van der Waals surface area (Å²) in [6, 6.07) is 19.8. The van der Waals surface area contributed by atoms with E-state index in [9.17, 15) is 32.7 Å². The molecule has 186 valence electrons. The molecule has 3 aromatic carbocycles. The zero-order valence-electron chi connectivity index (χ0n) is 18.8. The highest BCUT2D eigenvalue weighted by molar-refractivity contribution is 6.06. The van der Waals surface area contributed by atoms with Gasteiger partial charge < -0.3 is 20.1 Å². The van der Waals surface area contributed by atoms with Gasteiger partial charge >= 0.3 is 12.1 Å². The van der Waals surface area contributed by atoms with Crippen LogP contribution in [0, 0.1) is 5.92 Å². The van der Waals surface area contributed by atoms with Gasteiger partial charge in [-0.1, -0.05) is 30.3 Å². The van der Waals surface area contributed by atoms with Crippen LogP contribution in [0.15, 0.2) is 72.8 Å². The van der Waals surface area contributed by atoms with Crippen LogP contribution in [0.2, 0.25) is 0 Å². The van der Waals surface area contributed by atoms with Crippen LogP contribution in [0.4, 0.5) is 24.5 Å². The maximum Gasteiger partial charge on any atom is 0.422 e. The molecule has 1 saturated heterocycles. The average molecular weight is 498 g/mol. The first-order valence-corrected chi connectivity index (χ1v) is 10.9. The summed E-state index contributed by atoms with van der Waals surface area (Å²) < 4.78 is 41.2. The van der Waals surface area contributed by atoms with E-state index in [0.717, 1.165) is 11.1 Å². The highest BCUT2D eigenvalue weighted by atomic mass is 19.4. The Morgan fingerprint density at radius 2 is 1.72 bits per heavy atom. The molecule has 1 atom stereocenters. The summed E-state index contributed by atoms with van der Waals surface area (Å²) in [7, 11) is 0. The molecule has 1 aliphatic heterocycles. The van der Waals surface area contributed by atoms with E-state index in [4.69, 9.17) is 0 Å². The molecule has 0 radical (unpaired) electrons. The van der Waals surface area contributed by atoms with Gasteiger partial charge in [-0.2, -0.15) is 13.2 Å². The standard InChI is InChI=1S/C26H21F3N2O5/c27-26(28,29)15-36-25(35)19-12-23(33)31(14-19)21-6-2-5-20(13-21)30-24(34)18-4-1-3-17(11-18)16-7-9-22(32)10-8-16/h1-11,13,19,32H,12,14-15H2,(H,30,34). The Morgan fingerprint density at radius 1 is 1.00 bits per heavy atom. The predicted molar refractivity (Wildman–Crippen MR) is 125 cm³/mol. The zero-order chi connectivity index (χ0) is 25.9. The van der Waals surface area contributed by atoms with Gasteiger partial charge in [-0.15, -0.1) is 0 Å². The molecule has 0 spiro atoms. The number of rotatable bonds is 6. The molecular formula is C26H21F3N2O5. The molecule has 3 aromatic rings. The molecule has 36 heavy (non-hydrogen) atoms. The van der Waals surface area contributed by atoms with Crippen molar-refractivity contribution in [2.24, 2.45) is 5.92 Å². The Labute approximate surface area is 204 Å². The fourth-order valence-corrected chi connectivity index (χ4v) is 3.83. The number of hydrogen-bond acceptors (Lipinski definition) is 5. The molecule has 2 amide bonds.